The predicted molar refractivity (Wildman–Crippen MR) is 87.6 cm³/mol. The number of rotatable bonds is 4. The van der Waals surface area contributed by atoms with E-state index in [0.717, 1.165) is 20.0 Å². The molecule has 2 fully saturated rings. The van der Waals surface area contributed by atoms with E-state index in [1.165, 1.54) is 11.0 Å². The molecule has 0 aromatic heterocycles. The molecule has 1 N–H and O–H groups in total. The van der Waals surface area contributed by atoms with Gasteiger partial charge in [0.1, 0.15) is 11.9 Å². The molecule has 2 aliphatic heterocycles. The van der Waals surface area contributed by atoms with E-state index in [1.54, 1.807) is 12.1 Å². The van der Waals surface area contributed by atoms with Crippen molar-refractivity contribution in [1.82, 2.24) is 10.4 Å². The van der Waals surface area contributed by atoms with E-state index in [0.29, 0.717) is 24.5 Å². The smallest absolute Gasteiger partial charge is 0.414 e. The summed E-state index contributed by atoms with van der Waals surface area (Å²) in [7, 11) is 0. The molecule has 2 saturated heterocycles. The lowest BCUT2D eigenvalue weighted by atomic mass is 10.2. The summed E-state index contributed by atoms with van der Waals surface area (Å²) >= 11 is 0. The zero-order chi connectivity index (χ0) is 18.0. The third-order valence-electron chi connectivity index (χ3n) is 4.28. The lowest BCUT2D eigenvalue weighted by molar-refractivity contribution is -0.146. The molecule has 2 aliphatic rings. The van der Waals surface area contributed by atoms with Crippen LogP contribution in [0.15, 0.2) is 18.2 Å². The van der Waals surface area contributed by atoms with E-state index >= 15 is 0 Å². The first kappa shape index (κ1) is 17.4. The number of anilines is 2. The van der Waals surface area contributed by atoms with Crippen LogP contribution in [0.5, 0.6) is 0 Å². The van der Waals surface area contributed by atoms with Gasteiger partial charge < -0.3 is 15.0 Å². The summed E-state index contributed by atoms with van der Waals surface area (Å²) in [6.45, 7) is 3.79. The fourth-order valence-corrected chi connectivity index (χ4v) is 2.96. The van der Waals surface area contributed by atoms with Crippen molar-refractivity contribution in [3.8, 4) is 0 Å². The average molecular weight is 354 g/mol. The summed E-state index contributed by atoms with van der Waals surface area (Å²) in [5.74, 6) is -1.19. The number of nitrogens with zero attached hydrogens (tertiary/aromatic N) is 3. The molecule has 1 atom stereocenters. The van der Waals surface area contributed by atoms with Crippen molar-refractivity contribution in [1.29, 1.82) is 0 Å². The Hall–Kier alpha value is -2.42. The summed E-state index contributed by atoms with van der Waals surface area (Å²) in [5, 5.41) is 3.20. The highest BCUT2D eigenvalue weighted by Crippen LogP contribution is 2.28. The molecule has 25 heavy (non-hydrogen) atoms. The number of piperazine rings is 1. The number of carbonyl (C=O) groups is 2. The summed E-state index contributed by atoms with van der Waals surface area (Å²) in [5.41, 5.74) is 0.831. The minimum absolute atomic E-state index is 0.00444. The Labute approximate surface area is 144 Å². The Balaban J connectivity index is 1.70. The van der Waals surface area contributed by atoms with Gasteiger partial charge in [-0.3, -0.25) is 9.69 Å². The Morgan fingerprint density at radius 3 is 2.76 bits per heavy atom. The molecule has 0 saturated carbocycles. The second-order valence-electron chi connectivity index (χ2n) is 6.05. The quantitative estimate of drug-likeness (QED) is 0.826. The maximum atomic E-state index is 14.5. The monoisotopic (exact) mass is 354 g/mol. The van der Waals surface area contributed by atoms with E-state index in [1.807, 2.05) is 4.90 Å². The molecule has 1 aromatic rings. The number of nitrogens with one attached hydrogen (secondary N) is 1. The molecule has 0 aliphatic carbocycles. The van der Waals surface area contributed by atoms with Crippen molar-refractivity contribution < 1.29 is 23.2 Å². The predicted octanol–water partition coefficient (Wildman–Crippen LogP) is 1.29. The fraction of sp³-hybridized carbons (Fsp3) is 0.500. The molecular formula is C16H20F2N4O3. The molecule has 1 aromatic carbocycles. The second-order valence-corrected chi connectivity index (χ2v) is 6.05. The average Bonchev–Trinajstić information content (AvgIpc) is 2.95. The van der Waals surface area contributed by atoms with Gasteiger partial charge in [0.25, 0.3) is 0 Å². The molecule has 3 rings (SSSR count). The number of amides is 2. The molecule has 9 heteroatoms. The third kappa shape index (κ3) is 3.81. The van der Waals surface area contributed by atoms with Crippen LogP contribution >= 0.6 is 0 Å². The number of benzene rings is 1. The van der Waals surface area contributed by atoms with E-state index in [-0.39, 0.29) is 18.2 Å². The van der Waals surface area contributed by atoms with Gasteiger partial charge >= 0.3 is 6.09 Å². The van der Waals surface area contributed by atoms with Crippen molar-refractivity contribution in [3.63, 3.8) is 0 Å². The Bertz CT molecular complexity index is 667. The lowest BCUT2D eigenvalue weighted by Crippen LogP contribution is -2.43. The molecule has 0 unspecified atom stereocenters. The van der Waals surface area contributed by atoms with Gasteiger partial charge in [0.05, 0.1) is 24.5 Å². The molecular weight excluding hydrogens is 334 g/mol. The molecule has 2 heterocycles. The van der Waals surface area contributed by atoms with Crippen LogP contribution in [0.3, 0.4) is 0 Å². The van der Waals surface area contributed by atoms with Crippen LogP contribution in [0.25, 0.3) is 0 Å². The highest BCUT2D eigenvalue weighted by molar-refractivity contribution is 5.90. The Morgan fingerprint density at radius 1 is 1.40 bits per heavy atom. The van der Waals surface area contributed by atoms with Crippen molar-refractivity contribution in [2.45, 2.75) is 13.0 Å². The van der Waals surface area contributed by atoms with Gasteiger partial charge in [0, 0.05) is 33.1 Å². The van der Waals surface area contributed by atoms with E-state index < -0.39 is 23.9 Å². The van der Waals surface area contributed by atoms with Crippen LogP contribution in [0, 0.1) is 5.82 Å². The number of cyclic esters (lactones) is 1. The summed E-state index contributed by atoms with van der Waals surface area (Å²) in [6.07, 6.45) is -1.48. The maximum absolute atomic E-state index is 14.5. The molecule has 2 amide bonds. The molecule has 0 radical (unpaired) electrons. The molecule has 7 nitrogen and oxygen atoms in total. The molecule has 136 valence electrons. The van der Waals surface area contributed by atoms with Gasteiger partial charge in [-0.25, -0.2) is 9.18 Å². The SMILES string of the molecule is CC(=O)N(F)C[C@@H]1CN(c2ccc(N3CCNCC3)c(F)c2)C(=O)O1. The van der Waals surface area contributed by atoms with Crippen molar-refractivity contribution in [2.75, 3.05) is 49.1 Å². The van der Waals surface area contributed by atoms with Crippen molar-refractivity contribution in [2.24, 2.45) is 0 Å². The minimum atomic E-state index is -0.794. The van der Waals surface area contributed by atoms with Crippen LogP contribution in [0.1, 0.15) is 6.92 Å². The number of halogens is 2. The maximum Gasteiger partial charge on any atom is 0.414 e. The van der Waals surface area contributed by atoms with Gasteiger partial charge in [0.15, 0.2) is 0 Å². The van der Waals surface area contributed by atoms with Gasteiger partial charge in [-0.05, 0) is 18.2 Å². The molecule has 0 bridgehead atoms. The Morgan fingerprint density at radius 2 is 2.12 bits per heavy atom. The first-order valence-electron chi connectivity index (χ1n) is 8.13. The van der Waals surface area contributed by atoms with Gasteiger partial charge in [-0.2, -0.15) is 5.12 Å². The van der Waals surface area contributed by atoms with Crippen LogP contribution in [-0.4, -0.2) is 62.5 Å². The highest BCUT2D eigenvalue weighted by Gasteiger charge is 2.34. The first-order chi connectivity index (χ1) is 12.0. The van der Waals surface area contributed by atoms with E-state index in [4.69, 9.17) is 4.74 Å². The first-order valence-corrected chi connectivity index (χ1v) is 8.13. The van der Waals surface area contributed by atoms with Crippen LogP contribution < -0.4 is 15.1 Å². The van der Waals surface area contributed by atoms with Gasteiger partial charge in [0.2, 0.25) is 5.91 Å². The van der Waals surface area contributed by atoms with E-state index in [2.05, 4.69) is 5.32 Å². The third-order valence-corrected chi connectivity index (χ3v) is 4.28. The van der Waals surface area contributed by atoms with Crippen molar-refractivity contribution >= 4 is 23.4 Å². The zero-order valence-corrected chi connectivity index (χ0v) is 13.9. The Kier molecular flexibility index (Phi) is 5.03. The topological polar surface area (TPSA) is 65.1 Å². The standard InChI is InChI=1S/C16H20F2N4O3/c1-11(23)22(18)10-13-9-21(16(24)25-13)12-2-3-15(14(17)8-12)20-6-4-19-5-7-20/h2-3,8,13,19H,4-7,9-10H2,1H3/t13-/m0/s1. The molecule has 0 spiro atoms. The number of carbonyl (C=O) groups excluding carboxylic acids is 2. The highest BCUT2D eigenvalue weighted by atomic mass is 19.2. The van der Waals surface area contributed by atoms with E-state index in [9.17, 15) is 18.5 Å². The van der Waals surface area contributed by atoms with Crippen LogP contribution in [0.2, 0.25) is 0 Å². The number of hydrogen-bond donors (Lipinski definition) is 1. The summed E-state index contributed by atoms with van der Waals surface area (Å²) < 4.78 is 32.9. The zero-order valence-electron chi connectivity index (χ0n) is 13.9. The van der Waals surface area contributed by atoms with Gasteiger partial charge in [-0.1, -0.05) is 4.48 Å². The van der Waals surface area contributed by atoms with Crippen molar-refractivity contribution in [3.05, 3.63) is 24.0 Å². The fourth-order valence-electron chi connectivity index (χ4n) is 2.96. The van der Waals surface area contributed by atoms with Crippen LogP contribution in [-0.2, 0) is 9.53 Å². The number of hydrogen-bond acceptors (Lipinski definition) is 5. The minimum Gasteiger partial charge on any atom is -0.442 e. The normalized spacial score (nSPS) is 20.6. The largest absolute Gasteiger partial charge is 0.442 e. The summed E-state index contributed by atoms with van der Waals surface area (Å²) in [6, 6.07) is 4.55. The van der Waals surface area contributed by atoms with Gasteiger partial charge in [-0.15, -0.1) is 0 Å². The number of ether oxygens (including phenoxy) is 1. The van der Waals surface area contributed by atoms with Crippen LogP contribution in [0.4, 0.5) is 25.0 Å². The lowest BCUT2D eigenvalue weighted by Gasteiger charge is -2.30. The summed E-state index contributed by atoms with van der Waals surface area (Å²) in [4.78, 5) is 26.1. The second kappa shape index (κ2) is 7.22.